The molecular formula is C33H54O3. The van der Waals surface area contributed by atoms with Crippen molar-refractivity contribution in [2.45, 2.75) is 132 Å². The first kappa shape index (κ1) is 26.8. The smallest absolute Gasteiger partial charge is 0.302 e. The average Bonchev–Trinajstić information content (AvgIpc) is 2.92. The SMILES string of the molecule is CO[C@H]1CC[C@]2(C)[C@@H]3CC[C@@H]4C(=CC[C@@H]5C(C)(C)[C@H](OC(C)=O)CC[C@@]45C)C[C@]3(C)CC[C@H]2C1(C)C. The van der Waals surface area contributed by atoms with Crippen molar-refractivity contribution in [3.63, 3.8) is 0 Å². The number of hydrogen-bond acceptors (Lipinski definition) is 3. The highest BCUT2D eigenvalue weighted by atomic mass is 16.5. The molecule has 9 atom stereocenters. The van der Waals surface area contributed by atoms with Crippen molar-refractivity contribution in [2.24, 2.45) is 50.7 Å². The first-order valence-electron chi connectivity index (χ1n) is 15.1. The topological polar surface area (TPSA) is 35.5 Å². The molecule has 0 aromatic rings. The molecule has 0 heterocycles. The molecule has 0 N–H and O–H groups in total. The van der Waals surface area contributed by atoms with E-state index in [2.05, 4.69) is 54.5 Å². The Hall–Kier alpha value is -0.830. The van der Waals surface area contributed by atoms with Gasteiger partial charge in [0.1, 0.15) is 6.10 Å². The van der Waals surface area contributed by atoms with Gasteiger partial charge in [-0.25, -0.2) is 0 Å². The normalized spacial score (nSPS) is 49.3. The highest BCUT2D eigenvalue weighted by Crippen LogP contribution is 2.70. The minimum Gasteiger partial charge on any atom is -0.462 e. The highest BCUT2D eigenvalue weighted by Gasteiger charge is 2.63. The molecule has 0 aliphatic heterocycles. The number of esters is 1. The quantitative estimate of drug-likeness (QED) is 0.283. The maximum atomic E-state index is 11.9. The van der Waals surface area contributed by atoms with Gasteiger partial charge in [-0.15, -0.1) is 0 Å². The predicted octanol–water partition coefficient (Wildman–Crippen LogP) is 8.36. The molecule has 0 saturated heterocycles. The summed E-state index contributed by atoms with van der Waals surface area (Å²) >= 11 is 0. The molecule has 0 aromatic carbocycles. The number of carbonyl (C=O) groups is 1. The monoisotopic (exact) mass is 498 g/mol. The number of rotatable bonds is 2. The Balaban J connectivity index is 1.46. The van der Waals surface area contributed by atoms with E-state index < -0.39 is 0 Å². The van der Waals surface area contributed by atoms with Gasteiger partial charge in [0.15, 0.2) is 0 Å². The minimum atomic E-state index is -0.121. The van der Waals surface area contributed by atoms with Crippen LogP contribution in [-0.4, -0.2) is 25.3 Å². The van der Waals surface area contributed by atoms with Crippen molar-refractivity contribution < 1.29 is 14.3 Å². The zero-order valence-electron chi connectivity index (χ0n) is 24.8. The maximum absolute atomic E-state index is 11.9. The lowest BCUT2D eigenvalue weighted by atomic mass is 9.42. The van der Waals surface area contributed by atoms with Gasteiger partial charge < -0.3 is 9.47 Å². The van der Waals surface area contributed by atoms with Gasteiger partial charge in [-0.05, 0) is 110 Å². The van der Waals surface area contributed by atoms with E-state index in [1.165, 1.54) is 51.4 Å². The van der Waals surface area contributed by atoms with Crippen LogP contribution >= 0.6 is 0 Å². The molecular weight excluding hydrogens is 444 g/mol. The molecule has 0 radical (unpaired) electrons. The Morgan fingerprint density at radius 2 is 1.42 bits per heavy atom. The van der Waals surface area contributed by atoms with Crippen LogP contribution in [0.25, 0.3) is 0 Å². The van der Waals surface area contributed by atoms with E-state index in [4.69, 9.17) is 9.47 Å². The lowest BCUT2D eigenvalue weighted by molar-refractivity contribution is -0.178. The number of hydrogen-bond donors (Lipinski definition) is 0. The lowest BCUT2D eigenvalue weighted by Gasteiger charge is -2.64. The fraction of sp³-hybridized carbons (Fsp3) is 0.909. The molecule has 0 spiro atoms. The number of ether oxygens (including phenoxy) is 2. The molecule has 0 bridgehead atoms. The predicted molar refractivity (Wildman–Crippen MR) is 146 cm³/mol. The Labute approximate surface area is 221 Å². The fourth-order valence-corrected chi connectivity index (χ4v) is 11.7. The molecule has 3 nitrogen and oxygen atoms in total. The van der Waals surface area contributed by atoms with Crippen molar-refractivity contribution in [1.82, 2.24) is 0 Å². The molecule has 0 unspecified atom stereocenters. The van der Waals surface area contributed by atoms with Crippen molar-refractivity contribution in [3.05, 3.63) is 11.6 Å². The van der Waals surface area contributed by atoms with Crippen LogP contribution < -0.4 is 0 Å². The Kier molecular flexibility index (Phi) is 6.38. The Morgan fingerprint density at radius 3 is 2.08 bits per heavy atom. The van der Waals surface area contributed by atoms with Gasteiger partial charge >= 0.3 is 5.97 Å². The number of allylic oxidation sites excluding steroid dienone is 2. The fourth-order valence-electron chi connectivity index (χ4n) is 11.7. The van der Waals surface area contributed by atoms with Crippen LogP contribution in [0, 0.1) is 50.7 Å². The molecule has 0 amide bonds. The van der Waals surface area contributed by atoms with Crippen LogP contribution in [0.2, 0.25) is 0 Å². The molecule has 204 valence electrons. The summed E-state index contributed by atoms with van der Waals surface area (Å²) < 4.78 is 11.9. The number of methoxy groups -OCH3 is 1. The van der Waals surface area contributed by atoms with Gasteiger partial charge in [0.05, 0.1) is 6.10 Å². The van der Waals surface area contributed by atoms with E-state index in [-0.39, 0.29) is 22.9 Å². The maximum Gasteiger partial charge on any atom is 0.302 e. The van der Waals surface area contributed by atoms with E-state index in [1.54, 1.807) is 12.5 Å². The van der Waals surface area contributed by atoms with Crippen molar-refractivity contribution in [3.8, 4) is 0 Å². The van der Waals surface area contributed by atoms with Gasteiger partial charge in [-0.1, -0.05) is 60.1 Å². The molecule has 5 aliphatic rings. The van der Waals surface area contributed by atoms with E-state index >= 15 is 0 Å². The first-order valence-corrected chi connectivity index (χ1v) is 15.1. The van der Waals surface area contributed by atoms with Crippen LogP contribution in [0.4, 0.5) is 0 Å². The Bertz CT molecular complexity index is 916. The summed E-state index contributed by atoms with van der Waals surface area (Å²) in [6, 6.07) is 0. The van der Waals surface area contributed by atoms with Gasteiger partial charge in [0.2, 0.25) is 0 Å². The summed E-state index contributed by atoms with van der Waals surface area (Å²) in [6.07, 6.45) is 15.7. The largest absolute Gasteiger partial charge is 0.462 e. The zero-order chi connectivity index (χ0) is 26.3. The van der Waals surface area contributed by atoms with Gasteiger partial charge in [0, 0.05) is 19.4 Å². The average molecular weight is 499 g/mol. The standard InChI is InChI=1S/C33H54O3/c1-21(34)36-28-16-18-32(7)23-11-13-26-31(6,20-22(23)10-12-24(32)30(28,4)5)17-14-25-29(2,3)27(35-9)15-19-33(25,26)8/h10,23-28H,11-20H2,1-9H3/t23-,24-,25+,26-,27+,28-,31+,32+,33+/m1/s1. The number of fused-ring (bicyclic) bond motifs is 6. The summed E-state index contributed by atoms with van der Waals surface area (Å²) in [7, 11) is 1.93. The molecule has 3 heteroatoms. The summed E-state index contributed by atoms with van der Waals surface area (Å²) in [5, 5.41) is 0. The Morgan fingerprint density at radius 1 is 0.778 bits per heavy atom. The summed E-state index contributed by atoms with van der Waals surface area (Å²) in [4.78, 5) is 11.9. The second-order valence-electron chi connectivity index (χ2n) is 15.7. The molecule has 5 rings (SSSR count). The molecule has 0 aromatic heterocycles. The van der Waals surface area contributed by atoms with Crippen molar-refractivity contribution in [1.29, 1.82) is 0 Å². The summed E-state index contributed by atoms with van der Waals surface area (Å²) in [5.74, 6) is 2.67. The first-order chi connectivity index (χ1) is 16.7. The van der Waals surface area contributed by atoms with Gasteiger partial charge in [-0.2, -0.15) is 0 Å². The molecule has 5 aliphatic carbocycles. The summed E-state index contributed by atoms with van der Waals surface area (Å²) in [5.41, 5.74) is 3.18. The molecule has 4 saturated carbocycles. The zero-order valence-corrected chi connectivity index (χ0v) is 24.8. The highest BCUT2D eigenvalue weighted by molar-refractivity contribution is 5.66. The van der Waals surface area contributed by atoms with E-state index in [0.717, 1.165) is 24.7 Å². The van der Waals surface area contributed by atoms with E-state index in [1.807, 2.05) is 7.11 Å². The third-order valence-electron chi connectivity index (χ3n) is 13.4. The minimum absolute atomic E-state index is 0.0172. The second kappa shape index (κ2) is 8.59. The van der Waals surface area contributed by atoms with Gasteiger partial charge in [0.25, 0.3) is 0 Å². The lowest BCUT2D eigenvalue weighted by Crippen LogP contribution is -2.58. The molecule has 4 fully saturated rings. The second-order valence-corrected chi connectivity index (χ2v) is 15.7. The van der Waals surface area contributed by atoms with Crippen LogP contribution in [-0.2, 0) is 14.3 Å². The molecule has 36 heavy (non-hydrogen) atoms. The summed E-state index contributed by atoms with van der Waals surface area (Å²) in [6.45, 7) is 19.3. The van der Waals surface area contributed by atoms with E-state index in [9.17, 15) is 4.79 Å². The van der Waals surface area contributed by atoms with Crippen LogP contribution in [0.5, 0.6) is 0 Å². The van der Waals surface area contributed by atoms with Crippen molar-refractivity contribution >= 4 is 5.97 Å². The van der Waals surface area contributed by atoms with Crippen LogP contribution in [0.15, 0.2) is 11.6 Å². The van der Waals surface area contributed by atoms with E-state index in [0.29, 0.717) is 34.2 Å². The third kappa shape index (κ3) is 3.71. The number of carbonyl (C=O) groups excluding carboxylic acids is 1. The van der Waals surface area contributed by atoms with Crippen LogP contribution in [0.3, 0.4) is 0 Å². The van der Waals surface area contributed by atoms with Gasteiger partial charge in [-0.3, -0.25) is 4.79 Å². The van der Waals surface area contributed by atoms with Crippen LogP contribution in [0.1, 0.15) is 120 Å². The third-order valence-corrected chi connectivity index (χ3v) is 13.4. The van der Waals surface area contributed by atoms with Crippen molar-refractivity contribution in [2.75, 3.05) is 7.11 Å².